The van der Waals surface area contributed by atoms with Crippen LogP contribution < -0.4 is 5.32 Å². The van der Waals surface area contributed by atoms with Gasteiger partial charge in [0.05, 0.1) is 18.1 Å². The van der Waals surface area contributed by atoms with Crippen molar-refractivity contribution in [1.82, 2.24) is 15.3 Å². The fraction of sp³-hybridized carbons (Fsp3) is 0.727. The molecule has 2 atom stereocenters. The molecular weight excluding hydrogens is 190 g/mol. The zero-order valence-corrected chi connectivity index (χ0v) is 9.16. The molecule has 1 aromatic rings. The van der Waals surface area contributed by atoms with Gasteiger partial charge in [0, 0.05) is 18.3 Å². The molecule has 2 unspecified atom stereocenters. The molecule has 4 heteroatoms. The monoisotopic (exact) mass is 209 g/mol. The summed E-state index contributed by atoms with van der Waals surface area (Å²) in [5.41, 5.74) is 2.20. The molecule has 1 aliphatic carbocycles. The summed E-state index contributed by atoms with van der Waals surface area (Å²) in [6.45, 7) is 2.83. The molecule has 0 saturated heterocycles. The summed E-state index contributed by atoms with van der Waals surface area (Å²) >= 11 is 0. The molecular formula is C11H19N3O. The van der Waals surface area contributed by atoms with E-state index in [1.165, 1.54) is 6.42 Å². The minimum absolute atomic E-state index is 0.114. The molecule has 1 heterocycles. The van der Waals surface area contributed by atoms with Crippen LogP contribution in [0.15, 0.2) is 6.33 Å². The number of aromatic amines is 1. The summed E-state index contributed by atoms with van der Waals surface area (Å²) in [6.07, 6.45) is 5.74. The van der Waals surface area contributed by atoms with Gasteiger partial charge < -0.3 is 15.4 Å². The summed E-state index contributed by atoms with van der Waals surface area (Å²) < 4.78 is 0. The number of aromatic nitrogens is 2. The smallest absolute Gasteiger partial charge is 0.0925 e. The maximum atomic E-state index is 9.53. The van der Waals surface area contributed by atoms with Crippen molar-refractivity contribution < 1.29 is 5.11 Å². The van der Waals surface area contributed by atoms with Crippen LogP contribution in [0.5, 0.6) is 0 Å². The van der Waals surface area contributed by atoms with Crippen LogP contribution in [0.4, 0.5) is 0 Å². The highest BCUT2D eigenvalue weighted by atomic mass is 16.3. The number of nitrogens with zero attached hydrogens (tertiary/aromatic N) is 1. The molecule has 15 heavy (non-hydrogen) atoms. The average molecular weight is 209 g/mol. The summed E-state index contributed by atoms with van der Waals surface area (Å²) in [4.78, 5) is 7.30. The standard InChI is InChI=1S/C11H19N3O/c1-8-11(14-7-13-8)6-12-9-3-2-4-10(15)5-9/h7,9-10,12,15H,2-6H2,1H3,(H,13,14). The van der Waals surface area contributed by atoms with Crippen molar-refractivity contribution in [2.24, 2.45) is 0 Å². The third-order valence-electron chi connectivity index (χ3n) is 3.14. The Kier molecular flexibility index (Phi) is 3.38. The lowest BCUT2D eigenvalue weighted by molar-refractivity contribution is 0.111. The second-order valence-corrected chi connectivity index (χ2v) is 4.37. The molecule has 0 aliphatic heterocycles. The van der Waals surface area contributed by atoms with Crippen molar-refractivity contribution >= 4 is 0 Å². The van der Waals surface area contributed by atoms with Crippen LogP contribution in [0.25, 0.3) is 0 Å². The Morgan fingerprint density at radius 1 is 1.60 bits per heavy atom. The second-order valence-electron chi connectivity index (χ2n) is 4.37. The Morgan fingerprint density at radius 3 is 3.13 bits per heavy atom. The maximum absolute atomic E-state index is 9.53. The van der Waals surface area contributed by atoms with Crippen LogP contribution in [-0.4, -0.2) is 27.2 Å². The number of rotatable bonds is 3. The fourth-order valence-corrected chi connectivity index (χ4v) is 2.16. The lowest BCUT2D eigenvalue weighted by Gasteiger charge is -2.26. The van der Waals surface area contributed by atoms with Gasteiger partial charge in [-0.05, 0) is 32.6 Å². The molecule has 1 fully saturated rings. The second kappa shape index (κ2) is 4.77. The fourth-order valence-electron chi connectivity index (χ4n) is 2.16. The molecule has 1 aliphatic rings. The highest BCUT2D eigenvalue weighted by molar-refractivity contribution is 5.08. The van der Waals surface area contributed by atoms with Crippen molar-refractivity contribution in [2.75, 3.05) is 0 Å². The molecule has 3 N–H and O–H groups in total. The van der Waals surface area contributed by atoms with Gasteiger partial charge in [-0.1, -0.05) is 0 Å². The SMILES string of the molecule is Cc1[nH]cnc1CNC1CCCC(O)C1. The van der Waals surface area contributed by atoms with Crippen LogP contribution in [0, 0.1) is 6.92 Å². The topological polar surface area (TPSA) is 60.9 Å². The van der Waals surface area contributed by atoms with Crippen LogP contribution in [0.3, 0.4) is 0 Å². The van der Waals surface area contributed by atoms with Gasteiger partial charge in [0.15, 0.2) is 0 Å². The van der Waals surface area contributed by atoms with Gasteiger partial charge in [-0.25, -0.2) is 4.98 Å². The molecule has 1 aromatic heterocycles. The van der Waals surface area contributed by atoms with Crippen molar-refractivity contribution in [3.05, 3.63) is 17.7 Å². The normalized spacial score (nSPS) is 26.8. The highest BCUT2D eigenvalue weighted by Gasteiger charge is 2.19. The van der Waals surface area contributed by atoms with Crippen LogP contribution in [-0.2, 0) is 6.54 Å². The molecule has 1 saturated carbocycles. The number of aryl methyl sites for hydroxylation is 1. The Balaban J connectivity index is 1.80. The first-order valence-corrected chi connectivity index (χ1v) is 5.66. The largest absolute Gasteiger partial charge is 0.393 e. The van der Waals surface area contributed by atoms with E-state index < -0.39 is 0 Å². The number of aliphatic hydroxyl groups excluding tert-OH is 1. The quantitative estimate of drug-likeness (QED) is 0.699. The molecule has 0 bridgehead atoms. The Labute approximate surface area is 90.1 Å². The highest BCUT2D eigenvalue weighted by Crippen LogP contribution is 2.18. The number of hydrogen-bond donors (Lipinski definition) is 3. The van der Waals surface area contributed by atoms with Gasteiger partial charge in [0.1, 0.15) is 0 Å². The first-order valence-electron chi connectivity index (χ1n) is 5.66. The predicted molar refractivity (Wildman–Crippen MR) is 58.4 cm³/mol. The molecule has 0 amide bonds. The number of imidazole rings is 1. The van der Waals surface area contributed by atoms with Crippen molar-refractivity contribution in [2.45, 2.75) is 51.3 Å². The molecule has 0 spiro atoms. The first kappa shape index (κ1) is 10.6. The molecule has 84 valence electrons. The van der Waals surface area contributed by atoms with Crippen LogP contribution >= 0.6 is 0 Å². The summed E-state index contributed by atoms with van der Waals surface area (Å²) in [6, 6.07) is 0.449. The third kappa shape index (κ3) is 2.79. The molecule has 4 nitrogen and oxygen atoms in total. The molecule has 0 aromatic carbocycles. The summed E-state index contributed by atoms with van der Waals surface area (Å²) in [7, 11) is 0. The van der Waals surface area contributed by atoms with E-state index in [0.29, 0.717) is 6.04 Å². The van der Waals surface area contributed by atoms with Gasteiger partial charge in [-0.15, -0.1) is 0 Å². The van der Waals surface area contributed by atoms with E-state index in [-0.39, 0.29) is 6.10 Å². The van der Waals surface area contributed by atoms with Gasteiger partial charge in [0.25, 0.3) is 0 Å². The van der Waals surface area contributed by atoms with Crippen molar-refractivity contribution in [1.29, 1.82) is 0 Å². The van der Waals surface area contributed by atoms with E-state index in [2.05, 4.69) is 15.3 Å². The molecule has 0 radical (unpaired) electrons. The maximum Gasteiger partial charge on any atom is 0.0925 e. The van der Waals surface area contributed by atoms with E-state index in [1.807, 2.05) is 6.92 Å². The number of H-pyrrole nitrogens is 1. The van der Waals surface area contributed by atoms with E-state index in [9.17, 15) is 5.11 Å². The third-order valence-corrected chi connectivity index (χ3v) is 3.14. The Morgan fingerprint density at radius 2 is 2.47 bits per heavy atom. The Hall–Kier alpha value is -0.870. The minimum Gasteiger partial charge on any atom is -0.393 e. The number of hydrogen-bond acceptors (Lipinski definition) is 3. The summed E-state index contributed by atoms with van der Waals surface area (Å²) in [5.74, 6) is 0. The van der Waals surface area contributed by atoms with E-state index in [4.69, 9.17) is 0 Å². The number of aliphatic hydroxyl groups is 1. The Bertz CT molecular complexity index is 311. The predicted octanol–water partition coefficient (Wildman–Crippen LogP) is 1.11. The van der Waals surface area contributed by atoms with Gasteiger partial charge in [-0.3, -0.25) is 0 Å². The first-order chi connectivity index (χ1) is 7.25. The van der Waals surface area contributed by atoms with Gasteiger partial charge >= 0.3 is 0 Å². The lowest BCUT2D eigenvalue weighted by Crippen LogP contribution is -2.35. The minimum atomic E-state index is -0.114. The van der Waals surface area contributed by atoms with Crippen LogP contribution in [0.1, 0.15) is 37.1 Å². The number of nitrogens with one attached hydrogen (secondary N) is 2. The van der Waals surface area contributed by atoms with E-state index in [1.54, 1.807) is 6.33 Å². The van der Waals surface area contributed by atoms with Gasteiger partial charge in [-0.2, -0.15) is 0 Å². The zero-order chi connectivity index (χ0) is 10.7. The van der Waals surface area contributed by atoms with Crippen molar-refractivity contribution in [3.63, 3.8) is 0 Å². The van der Waals surface area contributed by atoms with E-state index >= 15 is 0 Å². The van der Waals surface area contributed by atoms with E-state index in [0.717, 1.165) is 37.2 Å². The lowest BCUT2D eigenvalue weighted by atomic mass is 9.93. The molecule has 2 rings (SSSR count). The summed E-state index contributed by atoms with van der Waals surface area (Å²) in [5, 5.41) is 13.0. The zero-order valence-electron chi connectivity index (χ0n) is 9.16. The van der Waals surface area contributed by atoms with Crippen molar-refractivity contribution in [3.8, 4) is 0 Å². The van der Waals surface area contributed by atoms with Crippen LogP contribution in [0.2, 0.25) is 0 Å². The van der Waals surface area contributed by atoms with Gasteiger partial charge in [0.2, 0.25) is 0 Å². The average Bonchev–Trinajstić information content (AvgIpc) is 2.61.